The first-order valence-corrected chi connectivity index (χ1v) is 9.26. The van der Waals surface area contributed by atoms with E-state index in [1.54, 1.807) is 18.2 Å². The van der Waals surface area contributed by atoms with Crippen LogP contribution in [0, 0.1) is 0 Å². The van der Waals surface area contributed by atoms with Crippen LogP contribution in [0.5, 0.6) is 0 Å². The van der Waals surface area contributed by atoms with Gasteiger partial charge in [0.25, 0.3) is 0 Å². The summed E-state index contributed by atoms with van der Waals surface area (Å²) in [7, 11) is 0. The smallest absolute Gasteiger partial charge is 0.328 e. The minimum absolute atomic E-state index is 0.365. The molecule has 5 heteroatoms. The molecule has 0 bridgehead atoms. The van der Waals surface area contributed by atoms with Gasteiger partial charge in [-0.3, -0.25) is 0 Å². The molecule has 0 aromatic rings. The fourth-order valence-electron chi connectivity index (χ4n) is 2.44. The topological polar surface area (TPSA) is 98.0 Å². The summed E-state index contributed by atoms with van der Waals surface area (Å²) in [4.78, 5) is 10.2. The van der Waals surface area contributed by atoms with Crippen LogP contribution in [0.2, 0.25) is 0 Å². The molecule has 0 amide bonds. The summed E-state index contributed by atoms with van der Waals surface area (Å²) in [6, 6.07) is 0. The van der Waals surface area contributed by atoms with Gasteiger partial charge in [0.1, 0.15) is 6.10 Å². The Labute approximate surface area is 151 Å². The monoisotopic (exact) mass is 354 g/mol. The molecule has 3 atom stereocenters. The van der Waals surface area contributed by atoms with Crippen molar-refractivity contribution < 1.29 is 25.2 Å². The van der Waals surface area contributed by atoms with E-state index in [9.17, 15) is 20.1 Å². The Kier molecular flexibility index (Phi) is 15.1. The second-order valence-electron chi connectivity index (χ2n) is 6.27. The molecule has 0 aromatic heterocycles. The number of allylic oxidation sites excluding steroid dienone is 5. The Morgan fingerprint density at radius 1 is 0.840 bits per heavy atom. The quantitative estimate of drug-likeness (QED) is 0.205. The van der Waals surface area contributed by atoms with Crippen LogP contribution in [0.15, 0.2) is 36.5 Å². The van der Waals surface area contributed by atoms with Crippen LogP contribution in [0.25, 0.3) is 0 Å². The molecule has 0 radical (unpaired) electrons. The minimum Gasteiger partial charge on any atom is -0.478 e. The number of hydrogen-bond donors (Lipinski definition) is 4. The molecule has 0 aliphatic carbocycles. The molecule has 0 fully saturated rings. The lowest BCUT2D eigenvalue weighted by Gasteiger charge is -2.22. The van der Waals surface area contributed by atoms with Crippen molar-refractivity contribution in [3.8, 4) is 0 Å². The molecule has 0 rings (SSSR count). The zero-order chi connectivity index (χ0) is 18.9. The van der Waals surface area contributed by atoms with Gasteiger partial charge in [-0.15, -0.1) is 0 Å². The molecule has 25 heavy (non-hydrogen) atoms. The lowest BCUT2D eigenvalue weighted by molar-refractivity contribution is -0.131. The van der Waals surface area contributed by atoms with E-state index in [1.165, 1.54) is 25.3 Å². The minimum atomic E-state index is -1.11. The number of hydrogen-bond acceptors (Lipinski definition) is 4. The Hall–Kier alpha value is -1.43. The largest absolute Gasteiger partial charge is 0.478 e. The van der Waals surface area contributed by atoms with Gasteiger partial charge in [-0.2, -0.15) is 0 Å². The normalized spacial score (nSPS) is 16.0. The van der Waals surface area contributed by atoms with Crippen molar-refractivity contribution in [2.75, 3.05) is 0 Å². The van der Waals surface area contributed by atoms with Gasteiger partial charge in [0.15, 0.2) is 0 Å². The van der Waals surface area contributed by atoms with Crippen LogP contribution in [0.4, 0.5) is 0 Å². The first-order chi connectivity index (χ1) is 12.0. The van der Waals surface area contributed by atoms with Crippen molar-refractivity contribution >= 4 is 5.97 Å². The van der Waals surface area contributed by atoms with E-state index < -0.39 is 24.3 Å². The fourth-order valence-corrected chi connectivity index (χ4v) is 2.44. The maximum Gasteiger partial charge on any atom is 0.328 e. The van der Waals surface area contributed by atoms with Gasteiger partial charge >= 0.3 is 5.97 Å². The molecule has 0 spiro atoms. The Balaban J connectivity index is 3.85. The molecular weight excluding hydrogens is 320 g/mol. The average Bonchev–Trinajstić information content (AvgIpc) is 2.58. The molecule has 5 nitrogen and oxygen atoms in total. The number of rotatable bonds is 15. The summed E-state index contributed by atoms with van der Waals surface area (Å²) in [5.74, 6) is -0.995. The summed E-state index contributed by atoms with van der Waals surface area (Å²) >= 11 is 0. The Morgan fingerprint density at radius 2 is 1.44 bits per heavy atom. The molecule has 4 N–H and O–H groups in total. The van der Waals surface area contributed by atoms with Gasteiger partial charge in [0, 0.05) is 6.08 Å². The number of carboxylic acids is 1. The molecular formula is C20H34O5. The van der Waals surface area contributed by atoms with Gasteiger partial charge in [-0.25, -0.2) is 4.79 Å². The summed E-state index contributed by atoms with van der Waals surface area (Å²) < 4.78 is 0. The summed E-state index contributed by atoms with van der Waals surface area (Å²) in [6.45, 7) is 2.17. The van der Waals surface area contributed by atoms with Crippen molar-refractivity contribution in [3.05, 3.63) is 36.5 Å². The van der Waals surface area contributed by atoms with Crippen LogP contribution < -0.4 is 0 Å². The standard InChI is InChI=1S/C20H34O5/c1-2-3-4-5-8-11-14-17(21)20(25)18(22)15-12-9-6-7-10-13-16-19(23)24/h6-7,9-10,13,16-18,20-22,25H,2-5,8,11-12,14-15H2,1H3,(H,23,24). The van der Waals surface area contributed by atoms with Crippen molar-refractivity contribution in [2.45, 2.75) is 83.0 Å². The van der Waals surface area contributed by atoms with E-state index >= 15 is 0 Å². The Bertz CT molecular complexity index is 414. The van der Waals surface area contributed by atoms with Crippen molar-refractivity contribution in [1.29, 1.82) is 0 Å². The maximum absolute atomic E-state index is 10.2. The van der Waals surface area contributed by atoms with Crippen molar-refractivity contribution in [3.63, 3.8) is 0 Å². The number of aliphatic hydroxyl groups is 3. The SMILES string of the molecule is CCCCCCCCC(O)C(O)C(O)CCC=CC=CC=CC(=O)O. The van der Waals surface area contributed by atoms with Crippen LogP contribution in [0.1, 0.15) is 64.7 Å². The van der Waals surface area contributed by atoms with Crippen LogP contribution in [-0.4, -0.2) is 44.7 Å². The van der Waals surface area contributed by atoms with E-state index in [0.717, 1.165) is 25.3 Å². The molecule has 0 aliphatic rings. The lowest BCUT2D eigenvalue weighted by atomic mass is 9.98. The van der Waals surface area contributed by atoms with Gasteiger partial charge in [-0.1, -0.05) is 75.8 Å². The highest BCUT2D eigenvalue weighted by atomic mass is 16.4. The fraction of sp³-hybridized carbons (Fsp3) is 0.650. The van der Waals surface area contributed by atoms with E-state index in [-0.39, 0.29) is 0 Å². The van der Waals surface area contributed by atoms with Gasteiger partial charge in [-0.05, 0) is 19.3 Å². The van der Waals surface area contributed by atoms with Crippen molar-refractivity contribution in [1.82, 2.24) is 0 Å². The summed E-state index contributed by atoms with van der Waals surface area (Å²) in [5, 5.41) is 38.2. The first-order valence-electron chi connectivity index (χ1n) is 9.26. The summed E-state index contributed by atoms with van der Waals surface area (Å²) in [5.41, 5.74) is 0. The van der Waals surface area contributed by atoms with Crippen LogP contribution in [-0.2, 0) is 4.79 Å². The number of carbonyl (C=O) groups is 1. The third kappa shape index (κ3) is 14.6. The molecule has 144 valence electrons. The van der Waals surface area contributed by atoms with Gasteiger partial charge < -0.3 is 20.4 Å². The number of carboxylic acid groups (broad SMARTS) is 1. The zero-order valence-corrected chi connectivity index (χ0v) is 15.3. The zero-order valence-electron chi connectivity index (χ0n) is 15.3. The predicted octanol–water partition coefficient (Wildman–Crippen LogP) is 3.35. The molecule has 0 saturated heterocycles. The predicted molar refractivity (Wildman–Crippen MR) is 100 cm³/mol. The number of aliphatic hydroxyl groups excluding tert-OH is 3. The summed E-state index contributed by atoms with van der Waals surface area (Å²) in [6.07, 6.45) is 14.5. The molecule has 0 aliphatic heterocycles. The third-order valence-corrected chi connectivity index (χ3v) is 3.98. The average molecular weight is 354 g/mol. The highest BCUT2D eigenvalue weighted by Gasteiger charge is 2.23. The maximum atomic E-state index is 10.2. The molecule has 3 unspecified atom stereocenters. The molecule has 0 heterocycles. The van der Waals surface area contributed by atoms with Crippen LogP contribution >= 0.6 is 0 Å². The highest BCUT2D eigenvalue weighted by molar-refractivity contribution is 5.80. The second-order valence-corrected chi connectivity index (χ2v) is 6.27. The van der Waals surface area contributed by atoms with E-state index in [0.29, 0.717) is 19.3 Å². The Morgan fingerprint density at radius 3 is 2.12 bits per heavy atom. The molecule has 0 aromatic carbocycles. The second kappa shape index (κ2) is 16.1. The van der Waals surface area contributed by atoms with E-state index in [2.05, 4.69) is 6.92 Å². The molecule has 0 saturated carbocycles. The lowest BCUT2D eigenvalue weighted by Crippen LogP contribution is -2.37. The van der Waals surface area contributed by atoms with Crippen LogP contribution in [0.3, 0.4) is 0 Å². The van der Waals surface area contributed by atoms with E-state index in [1.807, 2.05) is 6.08 Å². The first kappa shape index (κ1) is 23.6. The van der Waals surface area contributed by atoms with Gasteiger partial charge in [0.2, 0.25) is 0 Å². The van der Waals surface area contributed by atoms with E-state index in [4.69, 9.17) is 5.11 Å². The third-order valence-electron chi connectivity index (χ3n) is 3.98. The van der Waals surface area contributed by atoms with Gasteiger partial charge in [0.05, 0.1) is 12.2 Å². The highest BCUT2D eigenvalue weighted by Crippen LogP contribution is 2.14. The van der Waals surface area contributed by atoms with Crippen molar-refractivity contribution in [2.24, 2.45) is 0 Å². The number of aliphatic carboxylic acids is 1. The number of unbranched alkanes of at least 4 members (excludes halogenated alkanes) is 5.